The summed E-state index contributed by atoms with van der Waals surface area (Å²) in [5.41, 5.74) is 0.568. The van der Waals surface area contributed by atoms with Gasteiger partial charge in [0.05, 0.1) is 13.7 Å². The topological polar surface area (TPSA) is 84.9 Å². The third-order valence-electron chi connectivity index (χ3n) is 4.87. The smallest absolute Gasteiger partial charge is 0.331 e. The van der Waals surface area contributed by atoms with Gasteiger partial charge in [-0.1, -0.05) is 25.3 Å². The zero-order chi connectivity index (χ0) is 19.4. The van der Waals surface area contributed by atoms with Crippen LogP contribution in [-0.4, -0.2) is 42.5 Å². The van der Waals surface area contributed by atoms with Gasteiger partial charge in [-0.05, 0) is 43.5 Å². The number of barbiturate groups is 1. The van der Waals surface area contributed by atoms with Crippen LogP contribution in [-0.2, 0) is 9.59 Å². The zero-order valence-corrected chi connectivity index (χ0v) is 15.6. The van der Waals surface area contributed by atoms with Crippen LogP contribution in [0.3, 0.4) is 0 Å². The molecule has 4 amide bonds. The van der Waals surface area contributed by atoms with Crippen molar-refractivity contribution in [3.63, 3.8) is 0 Å². The van der Waals surface area contributed by atoms with Crippen molar-refractivity contribution < 1.29 is 23.9 Å². The number of benzene rings is 1. The van der Waals surface area contributed by atoms with Crippen LogP contribution in [0.1, 0.15) is 44.6 Å². The SMILES string of the molecule is CCOc1ccc(/C=C2/C(=O)NC(=O)N(C3CCCCC3)C2=O)cc1OC. The number of urea groups is 1. The van der Waals surface area contributed by atoms with Gasteiger partial charge in [-0.15, -0.1) is 0 Å². The minimum atomic E-state index is -0.676. The highest BCUT2D eigenvalue weighted by molar-refractivity contribution is 6.31. The summed E-state index contributed by atoms with van der Waals surface area (Å²) in [6, 6.07) is 4.38. The summed E-state index contributed by atoms with van der Waals surface area (Å²) in [7, 11) is 1.52. The van der Waals surface area contributed by atoms with E-state index in [0.717, 1.165) is 32.1 Å². The molecule has 3 rings (SSSR count). The van der Waals surface area contributed by atoms with E-state index in [4.69, 9.17) is 9.47 Å². The summed E-state index contributed by atoms with van der Waals surface area (Å²) in [5.74, 6) is -0.121. The Balaban J connectivity index is 1.90. The molecule has 2 fully saturated rings. The van der Waals surface area contributed by atoms with Gasteiger partial charge in [0.2, 0.25) is 0 Å². The maximum Gasteiger partial charge on any atom is 0.331 e. The molecule has 0 bridgehead atoms. The molecule has 1 aromatic carbocycles. The van der Waals surface area contributed by atoms with Gasteiger partial charge in [-0.2, -0.15) is 0 Å². The molecular weight excluding hydrogens is 348 g/mol. The predicted molar refractivity (Wildman–Crippen MR) is 99.4 cm³/mol. The van der Waals surface area contributed by atoms with Gasteiger partial charge in [0.15, 0.2) is 11.5 Å². The average Bonchev–Trinajstić information content (AvgIpc) is 2.67. The summed E-state index contributed by atoms with van der Waals surface area (Å²) < 4.78 is 10.8. The lowest BCUT2D eigenvalue weighted by atomic mass is 9.93. The Kier molecular flexibility index (Phi) is 5.78. The fourth-order valence-electron chi connectivity index (χ4n) is 3.56. The van der Waals surface area contributed by atoms with Crippen molar-refractivity contribution in [2.75, 3.05) is 13.7 Å². The zero-order valence-electron chi connectivity index (χ0n) is 15.6. The first kappa shape index (κ1) is 18.9. The van der Waals surface area contributed by atoms with E-state index in [9.17, 15) is 14.4 Å². The third kappa shape index (κ3) is 3.97. The maximum atomic E-state index is 12.9. The van der Waals surface area contributed by atoms with Crippen LogP contribution >= 0.6 is 0 Å². The highest BCUT2D eigenvalue weighted by atomic mass is 16.5. The van der Waals surface area contributed by atoms with Crippen molar-refractivity contribution in [1.82, 2.24) is 10.2 Å². The molecule has 1 N–H and O–H groups in total. The van der Waals surface area contributed by atoms with Crippen LogP contribution in [0, 0.1) is 0 Å². The first-order valence-electron chi connectivity index (χ1n) is 9.26. The molecule has 144 valence electrons. The standard InChI is InChI=1S/C20H24N2O5/c1-3-27-16-10-9-13(12-17(16)26-2)11-15-18(23)21-20(25)22(19(15)24)14-7-5-4-6-8-14/h9-12,14H,3-8H2,1-2H3,(H,21,23,25)/b15-11-. The van der Waals surface area contributed by atoms with Crippen LogP contribution in [0.2, 0.25) is 0 Å². The van der Waals surface area contributed by atoms with E-state index < -0.39 is 17.8 Å². The lowest BCUT2D eigenvalue weighted by molar-refractivity contribution is -0.132. The van der Waals surface area contributed by atoms with E-state index in [2.05, 4.69) is 5.32 Å². The number of nitrogens with one attached hydrogen (secondary N) is 1. The first-order chi connectivity index (χ1) is 13.0. The molecule has 1 aromatic rings. The Morgan fingerprint density at radius 2 is 1.89 bits per heavy atom. The van der Waals surface area contributed by atoms with Gasteiger partial charge in [0, 0.05) is 6.04 Å². The molecule has 0 atom stereocenters. The Hall–Kier alpha value is -2.83. The molecule has 2 aliphatic rings. The molecule has 0 radical (unpaired) electrons. The van der Waals surface area contributed by atoms with Crippen LogP contribution in [0.4, 0.5) is 4.79 Å². The first-order valence-corrected chi connectivity index (χ1v) is 9.26. The summed E-state index contributed by atoms with van der Waals surface area (Å²) in [5, 5.41) is 2.29. The number of hydrogen-bond donors (Lipinski definition) is 1. The van der Waals surface area contributed by atoms with Gasteiger partial charge >= 0.3 is 6.03 Å². The van der Waals surface area contributed by atoms with Crippen molar-refractivity contribution in [3.05, 3.63) is 29.3 Å². The van der Waals surface area contributed by atoms with Crippen molar-refractivity contribution >= 4 is 23.9 Å². The number of rotatable bonds is 5. The van der Waals surface area contributed by atoms with E-state index in [1.54, 1.807) is 18.2 Å². The molecule has 1 heterocycles. The number of carbonyl (C=O) groups is 3. The number of methoxy groups -OCH3 is 1. The Labute approximate surface area is 158 Å². The quantitative estimate of drug-likeness (QED) is 0.635. The van der Waals surface area contributed by atoms with Crippen LogP contribution < -0.4 is 14.8 Å². The number of hydrogen-bond acceptors (Lipinski definition) is 5. The van der Waals surface area contributed by atoms with E-state index in [-0.39, 0.29) is 11.6 Å². The number of ether oxygens (including phenoxy) is 2. The lowest BCUT2D eigenvalue weighted by Crippen LogP contribution is -2.58. The Morgan fingerprint density at radius 3 is 2.56 bits per heavy atom. The third-order valence-corrected chi connectivity index (χ3v) is 4.87. The van der Waals surface area contributed by atoms with E-state index in [1.165, 1.54) is 18.1 Å². The minimum Gasteiger partial charge on any atom is -0.493 e. The van der Waals surface area contributed by atoms with Gasteiger partial charge in [-0.25, -0.2) is 4.79 Å². The molecule has 1 saturated carbocycles. The largest absolute Gasteiger partial charge is 0.493 e. The lowest BCUT2D eigenvalue weighted by Gasteiger charge is -2.35. The molecule has 0 unspecified atom stereocenters. The van der Waals surface area contributed by atoms with E-state index in [0.29, 0.717) is 23.7 Å². The second-order valence-electron chi connectivity index (χ2n) is 6.63. The van der Waals surface area contributed by atoms with Gasteiger partial charge in [-0.3, -0.25) is 19.8 Å². The summed E-state index contributed by atoms with van der Waals surface area (Å²) in [4.78, 5) is 38.6. The van der Waals surface area contributed by atoms with Crippen LogP contribution in [0.15, 0.2) is 23.8 Å². The van der Waals surface area contributed by atoms with Crippen LogP contribution in [0.5, 0.6) is 11.5 Å². The highest BCUT2D eigenvalue weighted by Gasteiger charge is 2.40. The Morgan fingerprint density at radius 1 is 1.15 bits per heavy atom. The molecule has 0 spiro atoms. The van der Waals surface area contributed by atoms with E-state index in [1.807, 2.05) is 6.92 Å². The summed E-state index contributed by atoms with van der Waals surface area (Å²) >= 11 is 0. The minimum absolute atomic E-state index is 0.0496. The molecule has 7 heteroatoms. The maximum absolute atomic E-state index is 12.9. The second-order valence-corrected chi connectivity index (χ2v) is 6.63. The highest BCUT2D eigenvalue weighted by Crippen LogP contribution is 2.30. The summed E-state index contributed by atoms with van der Waals surface area (Å²) in [6.45, 7) is 2.37. The van der Waals surface area contributed by atoms with Crippen molar-refractivity contribution in [2.45, 2.75) is 45.1 Å². The van der Waals surface area contributed by atoms with E-state index >= 15 is 0 Å². The number of amides is 4. The van der Waals surface area contributed by atoms with Crippen molar-refractivity contribution in [2.24, 2.45) is 0 Å². The number of nitrogens with zero attached hydrogens (tertiary/aromatic N) is 1. The van der Waals surface area contributed by atoms with Crippen LogP contribution in [0.25, 0.3) is 6.08 Å². The molecule has 1 aliphatic carbocycles. The summed E-state index contributed by atoms with van der Waals surface area (Å²) in [6.07, 6.45) is 6.09. The number of imide groups is 2. The fraction of sp³-hybridized carbons (Fsp3) is 0.450. The second kappa shape index (κ2) is 8.24. The monoisotopic (exact) mass is 372 g/mol. The van der Waals surface area contributed by atoms with Crippen molar-refractivity contribution in [3.8, 4) is 11.5 Å². The molecular formula is C20H24N2O5. The molecule has 1 aliphatic heterocycles. The average molecular weight is 372 g/mol. The molecule has 27 heavy (non-hydrogen) atoms. The molecule has 0 aromatic heterocycles. The van der Waals surface area contributed by atoms with Gasteiger partial charge in [0.25, 0.3) is 11.8 Å². The predicted octanol–water partition coefficient (Wildman–Crippen LogP) is 2.89. The van der Waals surface area contributed by atoms with Gasteiger partial charge < -0.3 is 9.47 Å². The Bertz CT molecular complexity index is 781. The molecule has 7 nitrogen and oxygen atoms in total. The number of carbonyl (C=O) groups excluding carboxylic acids is 3. The van der Waals surface area contributed by atoms with Gasteiger partial charge in [0.1, 0.15) is 5.57 Å². The van der Waals surface area contributed by atoms with Crippen molar-refractivity contribution in [1.29, 1.82) is 0 Å². The fourth-order valence-corrected chi connectivity index (χ4v) is 3.56. The molecule has 1 saturated heterocycles. The normalized spacial score (nSPS) is 20.0.